The molecule has 1 aliphatic rings. The zero-order chi connectivity index (χ0) is 22.9. The second-order valence-corrected chi connectivity index (χ2v) is 9.47. The molecule has 2 heterocycles. The number of carbonyl (C=O) groups is 2. The minimum absolute atomic E-state index is 0.120. The molecule has 4 aromatic rings. The molecule has 0 bridgehead atoms. The number of fused-ring (bicyclic) bond motifs is 1. The summed E-state index contributed by atoms with van der Waals surface area (Å²) in [4.78, 5) is 31.5. The number of carbonyl (C=O) groups excluding carboxylic acids is 2. The topological polar surface area (TPSA) is 40.6 Å². The van der Waals surface area contributed by atoms with Crippen LogP contribution in [0.1, 0.15) is 16.5 Å². The molecule has 0 N–H and O–H groups in total. The second-order valence-electron chi connectivity index (χ2n) is 7.59. The number of hydrogen-bond acceptors (Lipinski definition) is 3. The Morgan fingerprint density at radius 2 is 1.73 bits per heavy atom. The van der Waals surface area contributed by atoms with Gasteiger partial charge in [0.05, 0.1) is 17.8 Å². The fourth-order valence-corrected chi connectivity index (χ4v) is 5.30. The molecule has 1 unspecified atom stereocenters. The molecule has 0 fully saturated rings. The minimum atomic E-state index is -0.914. The van der Waals surface area contributed by atoms with Crippen LogP contribution in [0.15, 0.2) is 94.8 Å². The Hall–Kier alpha value is -3.29. The summed E-state index contributed by atoms with van der Waals surface area (Å²) in [5.41, 5.74) is 2.42. The fourth-order valence-electron chi connectivity index (χ4n) is 4.14. The lowest BCUT2D eigenvalue weighted by molar-refractivity contribution is -0.123. The van der Waals surface area contributed by atoms with Gasteiger partial charge in [0.25, 0.3) is 5.91 Å². The Kier molecular flexibility index (Phi) is 5.83. The van der Waals surface area contributed by atoms with Crippen LogP contribution in [0, 0.1) is 5.82 Å². The Morgan fingerprint density at radius 3 is 2.45 bits per heavy atom. The molecule has 7 heteroatoms. The Bertz CT molecular complexity index is 1340. The van der Waals surface area contributed by atoms with Crippen LogP contribution >= 0.6 is 27.3 Å². The van der Waals surface area contributed by atoms with Gasteiger partial charge >= 0.3 is 0 Å². The van der Waals surface area contributed by atoms with Crippen molar-refractivity contribution in [3.63, 3.8) is 0 Å². The Labute approximate surface area is 203 Å². The predicted octanol–water partition coefficient (Wildman–Crippen LogP) is 6.65. The summed E-state index contributed by atoms with van der Waals surface area (Å²) in [5.74, 6) is -1.01. The van der Waals surface area contributed by atoms with Gasteiger partial charge in [0, 0.05) is 20.6 Å². The van der Waals surface area contributed by atoms with Gasteiger partial charge in [0.2, 0.25) is 5.91 Å². The first kappa shape index (κ1) is 21.6. The summed E-state index contributed by atoms with van der Waals surface area (Å²) in [6, 6.07) is 23.5. The molecule has 0 aliphatic carbocycles. The quantitative estimate of drug-likeness (QED) is 0.295. The van der Waals surface area contributed by atoms with Gasteiger partial charge in [-0.1, -0.05) is 42.5 Å². The van der Waals surface area contributed by atoms with Gasteiger partial charge in [0.1, 0.15) is 11.9 Å². The standard InChI is InChI=1S/C26H18BrFN2O2S/c27-21-11-2-4-13-23(21)30-22-12-3-1-10-20(22)25(26(30)32)29(18-8-5-7-17(28)15-18)24(31)16-19-9-6-14-33-19/h1-15,25H,16H2. The summed E-state index contributed by atoms with van der Waals surface area (Å²) >= 11 is 5.02. The third kappa shape index (κ3) is 3.98. The van der Waals surface area contributed by atoms with Crippen LogP contribution in [0.25, 0.3) is 0 Å². The summed E-state index contributed by atoms with van der Waals surface area (Å²) in [7, 11) is 0. The van der Waals surface area contributed by atoms with Crippen molar-refractivity contribution < 1.29 is 14.0 Å². The molecular weight excluding hydrogens is 503 g/mol. The SMILES string of the molecule is O=C1C(N(C(=O)Cc2cccs2)c2cccc(F)c2)c2ccccc2N1c1ccccc1Br. The third-order valence-corrected chi connectivity index (χ3v) is 7.09. The van der Waals surface area contributed by atoms with Crippen molar-refractivity contribution in [1.29, 1.82) is 0 Å². The van der Waals surface area contributed by atoms with Crippen LogP contribution in [0.4, 0.5) is 21.5 Å². The molecule has 2 amide bonds. The maximum atomic E-state index is 14.2. The average Bonchev–Trinajstić information content (AvgIpc) is 3.41. The smallest absolute Gasteiger partial charge is 0.259 e. The van der Waals surface area contributed by atoms with Gasteiger partial charge < -0.3 is 0 Å². The first-order chi connectivity index (χ1) is 16.0. The molecule has 164 valence electrons. The van der Waals surface area contributed by atoms with E-state index in [2.05, 4.69) is 15.9 Å². The summed E-state index contributed by atoms with van der Waals surface area (Å²) in [6.45, 7) is 0. The predicted molar refractivity (Wildman–Crippen MR) is 132 cm³/mol. The van der Waals surface area contributed by atoms with E-state index in [-0.39, 0.29) is 18.2 Å². The number of anilines is 3. The number of nitrogens with zero attached hydrogens (tertiary/aromatic N) is 2. The van der Waals surface area contributed by atoms with Gasteiger partial charge in [-0.2, -0.15) is 0 Å². The number of amides is 2. The van der Waals surface area contributed by atoms with Crippen LogP contribution in [0.5, 0.6) is 0 Å². The van der Waals surface area contributed by atoms with Crippen molar-refractivity contribution in [1.82, 2.24) is 0 Å². The first-order valence-electron chi connectivity index (χ1n) is 10.3. The van der Waals surface area contributed by atoms with Crippen molar-refractivity contribution in [2.24, 2.45) is 0 Å². The van der Waals surface area contributed by atoms with E-state index >= 15 is 0 Å². The highest BCUT2D eigenvalue weighted by atomic mass is 79.9. The molecular formula is C26H18BrFN2O2S. The monoisotopic (exact) mass is 520 g/mol. The summed E-state index contributed by atoms with van der Waals surface area (Å²) in [5, 5.41) is 1.90. The maximum absolute atomic E-state index is 14.2. The molecule has 1 atom stereocenters. The van der Waals surface area contributed by atoms with E-state index in [1.807, 2.05) is 66.0 Å². The summed E-state index contributed by atoms with van der Waals surface area (Å²) < 4.78 is 15.0. The Morgan fingerprint density at radius 1 is 0.970 bits per heavy atom. The molecule has 4 nitrogen and oxygen atoms in total. The largest absolute Gasteiger partial charge is 0.295 e. The third-order valence-electron chi connectivity index (χ3n) is 5.54. The van der Waals surface area contributed by atoms with Gasteiger partial charge in [-0.25, -0.2) is 4.39 Å². The van der Waals surface area contributed by atoms with E-state index < -0.39 is 11.9 Å². The van der Waals surface area contributed by atoms with E-state index in [9.17, 15) is 14.0 Å². The molecule has 0 radical (unpaired) electrons. The number of halogens is 2. The average molecular weight is 521 g/mol. The van der Waals surface area contributed by atoms with E-state index in [0.29, 0.717) is 22.6 Å². The van der Waals surface area contributed by atoms with Crippen molar-refractivity contribution >= 4 is 56.1 Å². The van der Waals surface area contributed by atoms with E-state index in [0.717, 1.165) is 9.35 Å². The first-order valence-corrected chi connectivity index (χ1v) is 12.0. The summed E-state index contributed by atoms with van der Waals surface area (Å²) in [6.07, 6.45) is 0.120. The highest BCUT2D eigenvalue weighted by Crippen LogP contribution is 2.46. The van der Waals surface area contributed by atoms with Gasteiger partial charge in [-0.05, 0) is 63.8 Å². The van der Waals surface area contributed by atoms with Crippen LogP contribution in [-0.2, 0) is 16.0 Å². The number of benzene rings is 3. The second kappa shape index (κ2) is 8.92. The molecule has 0 saturated heterocycles. The molecule has 33 heavy (non-hydrogen) atoms. The van der Waals surface area contributed by atoms with Crippen LogP contribution < -0.4 is 9.80 Å². The Balaban J connectivity index is 1.65. The maximum Gasteiger partial charge on any atom is 0.259 e. The van der Waals surface area contributed by atoms with Crippen LogP contribution in [-0.4, -0.2) is 11.8 Å². The molecule has 5 rings (SSSR count). The number of thiophene rings is 1. The number of rotatable bonds is 5. The van der Waals surface area contributed by atoms with E-state index in [4.69, 9.17) is 0 Å². The van der Waals surface area contributed by atoms with Gasteiger partial charge in [0.15, 0.2) is 0 Å². The van der Waals surface area contributed by atoms with E-state index in [1.54, 1.807) is 17.0 Å². The number of hydrogen-bond donors (Lipinski definition) is 0. The number of para-hydroxylation sites is 2. The molecule has 0 spiro atoms. The lowest BCUT2D eigenvalue weighted by Gasteiger charge is -2.29. The van der Waals surface area contributed by atoms with Crippen LogP contribution in [0.3, 0.4) is 0 Å². The lowest BCUT2D eigenvalue weighted by atomic mass is 10.0. The van der Waals surface area contributed by atoms with Crippen molar-refractivity contribution in [3.05, 3.63) is 111 Å². The molecule has 1 aliphatic heterocycles. The van der Waals surface area contributed by atoms with Crippen molar-refractivity contribution in [2.75, 3.05) is 9.80 Å². The highest BCUT2D eigenvalue weighted by molar-refractivity contribution is 9.10. The molecule has 1 aromatic heterocycles. The van der Waals surface area contributed by atoms with Crippen molar-refractivity contribution in [2.45, 2.75) is 12.5 Å². The van der Waals surface area contributed by atoms with Crippen LogP contribution in [0.2, 0.25) is 0 Å². The normalized spacial score (nSPS) is 14.9. The zero-order valence-corrected chi connectivity index (χ0v) is 19.7. The highest BCUT2D eigenvalue weighted by Gasteiger charge is 2.44. The van der Waals surface area contributed by atoms with E-state index in [1.165, 1.54) is 28.4 Å². The zero-order valence-electron chi connectivity index (χ0n) is 17.3. The molecule has 0 saturated carbocycles. The lowest BCUT2D eigenvalue weighted by Crippen LogP contribution is -2.41. The van der Waals surface area contributed by atoms with Crippen molar-refractivity contribution in [3.8, 4) is 0 Å². The fraction of sp³-hybridized carbons (Fsp3) is 0.0769. The van der Waals surface area contributed by atoms with Gasteiger partial charge in [-0.15, -0.1) is 11.3 Å². The molecule has 3 aromatic carbocycles. The van der Waals surface area contributed by atoms with Gasteiger partial charge in [-0.3, -0.25) is 19.4 Å². The minimum Gasteiger partial charge on any atom is -0.295 e.